The van der Waals surface area contributed by atoms with E-state index in [1.54, 1.807) is 0 Å². The Kier molecular flexibility index (Phi) is 2.93. The van der Waals surface area contributed by atoms with E-state index in [2.05, 4.69) is 0 Å². The first-order valence-electron chi connectivity index (χ1n) is 3.81. The van der Waals surface area contributed by atoms with Crippen LogP contribution in [0.5, 0.6) is 0 Å². The van der Waals surface area contributed by atoms with Crippen molar-refractivity contribution in [2.75, 3.05) is 6.61 Å². The van der Waals surface area contributed by atoms with Gasteiger partial charge in [-0.05, 0) is 11.6 Å². The van der Waals surface area contributed by atoms with Gasteiger partial charge in [0.2, 0.25) is 0 Å². The molecule has 0 saturated heterocycles. The third-order valence-electron chi connectivity index (χ3n) is 1.84. The molecular weight excluding hydrogens is 181 g/mol. The maximum Gasteiger partial charge on any atom is 0.161 e. The molecule has 72 valence electrons. The Labute approximate surface area is 73.8 Å². The van der Waals surface area contributed by atoms with Crippen molar-refractivity contribution in [1.29, 1.82) is 0 Å². The molecule has 1 rings (SSSR count). The van der Waals surface area contributed by atoms with Crippen LogP contribution in [0.25, 0.3) is 0 Å². The third-order valence-corrected chi connectivity index (χ3v) is 1.84. The van der Waals surface area contributed by atoms with Gasteiger partial charge in [-0.1, -0.05) is 6.92 Å². The number of benzene rings is 1. The summed E-state index contributed by atoms with van der Waals surface area (Å²) in [5.41, 5.74) is -0.0126. The fourth-order valence-corrected chi connectivity index (χ4v) is 1.01. The molecule has 4 heteroatoms. The van der Waals surface area contributed by atoms with Crippen molar-refractivity contribution in [1.82, 2.24) is 0 Å². The summed E-state index contributed by atoms with van der Waals surface area (Å²) in [4.78, 5) is 0. The van der Waals surface area contributed by atoms with Crippen molar-refractivity contribution >= 4 is 0 Å². The van der Waals surface area contributed by atoms with E-state index in [1.807, 2.05) is 0 Å². The number of aliphatic hydroxyl groups excluding tert-OH is 1. The summed E-state index contributed by atoms with van der Waals surface area (Å²) in [7, 11) is 0. The zero-order chi connectivity index (χ0) is 10.0. The first-order chi connectivity index (χ1) is 6.06. The molecule has 0 saturated carbocycles. The van der Waals surface area contributed by atoms with Crippen LogP contribution in [0.15, 0.2) is 12.1 Å². The average Bonchev–Trinajstić information content (AvgIpc) is 2.10. The van der Waals surface area contributed by atoms with Gasteiger partial charge in [0.25, 0.3) is 0 Å². The van der Waals surface area contributed by atoms with E-state index in [9.17, 15) is 13.2 Å². The lowest BCUT2D eigenvalue weighted by atomic mass is 10.0. The van der Waals surface area contributed by atoms with Gasteiger partial charge < -0.3 is 5.11 Å². The van der Waals surface area contributed by atoms with Crippen LogP contribution in [0.3, 0.4) is 0 Å². The zero-order valence-electron chi connectivity index (χ0n) is 7.02. The van der Waals surface area contributed by atoms with Gasteiger partial charge in [-0.25, -0.2) is 13.2 Å². The van der Waals surface area contributed by atoms with Crippen LogP contribution >= 0.6 is 0 Å². The Morgan fingerprint density at radius 2 is 1.69 bits per heavy atom. The van der Waals surface area contributed by atoms with Crippen molar-refractivity contribution in [3.05, 3.63) is 35.1 Å². The summed E-state index contributed by atoms with van der Waals surface area (Å²) in [5.74, 6) is -3.68. The third kappa shape index (κ3) is 2.01. The minimum atomic E-state index is -1.22. The molecule has 0 bridgehead atoms. The molecule has 1 atom stereocenters. The van der Waals surface area contributed by atoms with Crippen molar-refractivity contribution in [3.8, 4) is 0 Å². The first-order valence-corrected chi connectivity index (χ1v) is 3.81. The highest BCUT2D eigenvalue weighted by Gasteiger charge is 2.14. The van der Waals surface area contributed by atoms with E-state index in [1.165, 1.54) is 6.92 Å². The summed E-state index contributed by atoms with van der Waals surface area (Å²) < 4.78 is 38.0. The molecule has 1 N–H and O–H groups in total. The smallest absolute Gasteiger partial charge is 0.161 e. The van der Waals surface area contributed by atoms with Gasteiger partial charge in [-0.15, -0.1) is 0 Å². The molecule has 0 amide bonds. The summed E-state index contributed by atoms with van der Waals surface area (Å²) in [6.07, 6.45) is 0. The molecule has 0 heterocycles. The van der Waals surface area contributed by atoms with E-state index in [0.717, 1.165) is 6.07 Å². The molecule has 1 nitrogen and oxygen atoms in total. The number of hydrogen-bond donors (Lipinski definition) is 1. The van der Waals surface area contributed by atoms with Crippen LogP contribution in [-0.4, -0.2) is 11.7 Å². The average molecular weight is 190 g/mol. The predicted molar refractivity (Wildman–Crippen MR) is 41.8 cm³/mol. The fourth-order valence-electron chi connectivity index (χ4n) is 1.01. The minimum Gasteiger partial charge on any atom is -0.396 e. The van der Waals surface area contributed by atoms with E-state index in [-0.39, 0.29) is 12.2 Å². The van der Waals surface area contributed by atoms with Crippen LogP contribution < -0.4 is 0 Å². The molecule has 0 aliphatic carbocycles. The van der Waals surface area contributed by atoms with Gasteiger partial charge in [0.1, 0.15) is 5.82 Å². The van der Waals surface area contributed by atoms with Crippen molar-refractivity contribution in [2.24, 2.45) is 0 Å². The highest BCUT2D eigenvalue weighted by Crippen LogP contribution is 2.21. The molecule has 1 aromatic rings. The number of halogens is 3. The molecule has 0 aliphatic heterocycles. The van der Waals surface area contributed by atoms with Crippen LogP contribution in [0.1, 0.15) is 18.4 Å². The molecule has 0 unspecified atom stereocenters. The molecular formula is C9H9F3O. The second-order valence-corrected chi connectivity index (χ2v) is 2.87. The normalized spacial score (nSPS) is 13.0. The van der Waals surface area contributed by atoms with Gasteiger partial charge in [-0.2, -0.15) is 0 Å². The molecule has 13 heavy (non-hydrogen) atoms. The molecule has 1 aromatic carbocycles. The maximum absolute atomic E-state index is 13.0. The van der Waals surface area contributed by atoms with Crippen LogP contribution in [0.4, 0.5) is 13.2 Å². The monoisotopic (exact) mass is 190 g/mol. The Morgan fingerprint density at radius 3 is 2.23 bits per heavy atom. The standard InChI is InChI=1S/C9H9F3O/c1-5(4-13)6-2-8(11)9(12)3-7(6)10/h2-3,5,13H,4H2,1H3/t5-/m1/s1. The molecule has 0 radical (unpaired) electrons. The topological polar surface area (TPSA) is 20.2 Å². The SMILES string of the molecule is C[C@H](CO)c1cc(F)c(F)cc1F. The number of rotatable bonds is 2. The highest BCUT2D eigenvalue weighted by atomic mass is 19.2. The Balaban J connectivity index is 3.15. The summed E-state index contributed by atoms with van der Waals surface area (Å²) >= 11 is 0. The van der Waals surface area contributed by atoms with Crippen molar-refractivity contribution < 1.29 is 18.3 Å². The molecule has 0 aromatic heterocycles. The lowest BCUT2D eigenvalue weighted by molar-refractivity contribution is 0.270. The van der Waals surface area contributed by atoms with Crippen LogP contribution in [-0.2, 0) is 0 Å². The number of hydrogen-bond acceptors (Lipinski definition) is 1. The number of aliphatic hydroxyl groups is 1. The fraction of sp³-hybridized carbons (Fsp3) is 0.333. The second kappa shape index (κ2) is 3.79. The first kappa shape index (κ1) is 10.1. The van der Waals surface area contributed by atoms with E-state index < -0.39 is 23.4 Å². The molecule has 0 aliphatic rings. The van der Waals surface area contributed by atoms with Gasteiger partial charge in [-0.3, -0.25) is 0 Å². The van der Waals surface area contributed by atoms with E-state index in [4.69, 9.17) is 5.11 Å². The van der Waals surface area contributed by atoms with E-state index in [0.29, 0.717) is 6.07 Å². The lowest BCUT2D eigenvalue weighted by Gasteiger charge is -2.09. The maximum atomic E-state index is 13.0. The summed E-state index contributed by atoms with van der Waals surface area (Å²) in [5, 5.41) is 8.69. The molecule has 0 fully saturated rings. The van der Waals surface area contributed by atoms with E-state index >= 15 is 0 Å². The predicted octanol–water partition coefficient (Wildman–Crippen LogP) is 2.20. The lowest BCUT2D eigenvalue weighted by Crippen LogP contribution is -2.03. The van der Waals surface area contributed by atoms with Gasteiger partial charge in [0, 0.05) is 18.6 Å². The van der Waals surface area contributed by atoms with Gasteiger partial charge >= 0.3 is 0 Å². The van der Waals surface area contributed by atoms with Crippen molar-refractivity contribution in [3.63, 3.8) is 0 Å². The van der Waals surface area contributed by atoms with Crippen molar-refractivity contribution in [2.45, 2.75) is 12.8 Å². The Morgan fingerprint density at radius 1 is 1.15 bits per heavy atom. The van der Waals surface area contributed by atoms with Gasteiger partial charge in [0.05, 0.1) is 0 Å². The Bertz CT molecular complexity index is 312. The highest BCUT2D eigenvalue weighted by molar-refractivity contribution is 5.23. The van der Waals surface area contributed by atoms with Crippen LogP contribution in [0, 0.1) is 17.5 Å². The Hall–Kier alpha value is -1.03. The molecule has 0 spiro atoms. The summed E-state index contributed by atoms with van der Waals surface area (Å²) in [6.45, 7) is 1.22. The van der Waals surface area contributed by atoms with Crippen LogP contribution in [0.2, 0.25) is 0 Å². The largest absolute Gasteiger partial charge is 0.396 e. The quantitative estimate of drug-likeness (QED) is 0.709. The summed E-state index contributed by atoms with van der Waals surface area (Å²) in [6, 6.07) is 1.25. The second-order valence-electron chi connectivity index (χ2n) is 2.87. The minimum absolute atomic E-state index is 0.0126. The van der Waals surface area contributed by atoms with Gasteiger partial charge in [0.15, 0.2) is 11.6 Å². The zero-order valence-corrected chi connectivity index (χ0v) is 7.02.